The van der Waals surface area contributed by atoms with E-state index in [9.17, 15) is 9.90 Å². The van der Waals surface area contributed by atoms with Gasteiger partial charge >= 0.3 is 6.03 Å². The van der Waals surface area contributed by atoms with E-state index in [2.05, 4.69) is 17.6 Å². The molecule has 0 heterocycles. The Bertz CT molecular complexity index is 238. The molecule has 2 amide bonds. The number of aliphatic hydroxyl groups is 1. The van der Waals surface area contributed by atoms with Gasteiger partial charge in [-0.3, -0.25) is 0 Å². The largest absolute Gasteiger partial charge is 0.393 e. The quantitative estimate of drug-likeness (QED) is 0.683. The Hall–Kier alpha value is -0.770. The predicted octanol–water partition coefficient (Wildman–Crippen LogP) is 2.42. The van der Waals surface area contributed by atoms with Crippen LogP contribution in [0.4, 0.5) is 4.79 Å². The van der Waals surface area contributed by atoms with Crippen molar-refractivity contribution in [2.75, 3.05) is 6.54 Å². The van der Waals surface area contributed by atoms with Crippen molar-refractivity contribution >= 4 is 6.03 Å². The fourth-order valence-electron chi connectivity index (χ4n) is 2.51. The second-order valence-corrected chi connectivity index (χ2v) is 5.38. The topological polar surface area (TPSA) is 61.4 Å². The van der Waals surface area contributed by atoms with Gasteiger partial charge in [-0.05, 0) is 44.4 Å². The molecule has 0 spiro atoms. The summed E-state index contributed by atoms with van der Waals surface area (Å²) in [5.74, 6) is 0.853. The second kappa shape index (κ2) is 8.35. The first kappa shape index (κ1) is 15.3. The third-order valence-electron chi connectivity index (χ3n) is 3.99. The maximum absolute atomic E-state index is 11.6. The Morgan fingerprint density at radius 1 is 1.28 bits per heavy atom. The van der Waals surface area contributed by atoms with Crippen LogP contribution >= 0.6 is 0 Å². The number of urea groups is 1. The fraction of sp³-hybridized carbons (Fsp3) is 0.929. The zero-order valence-electron chi connectivity index (χ0n) is 11.7. The molecule has 1 rings (SSSR count). The normalized spacial score (nSPS) is 25.5. The van der Waals surface area contributed by atoms with Crippen LogP contribution in [0.2, 0.25) is 0 Å². The number of hydrogen-bond donors (Lipinski definition) is 3. The van der Waals surface area contributed by atoms with Crippen LogP contribution in [0.3, 0.4) is 0 Å². The van der Waals surface area contributed by atoms with Gasteiger partial charge in [0.15, 0.2) is 0 Å². The lowest BCUT2D eigenvalue weighted by molar-refractivity contribution is 0.159. The van der Waals surface area contributed by atoms with E-state index >= 15 is 0 Å². The zero-order chi connectivity index (χ0) is 13.4. The first-order valence-corrected chi connectivity index (χ1v) is 7.38. The minimum atomic E-state index is -0.301. The summed E-state index contributed by atoms with van der Waals surface area (Å²) in [6.45, 7) is 4.73. The average molecular weight is 256 g/mol. The molecule has 1 aliphatic rings. The summed E-state index contributed by atoms with van der Waals surface area (Å²) < 4.78 is 0. The van der Waals surface area contributed by atoms with E-state index in [1.54, 1.807) is 0 Å². The molecule has 0 radical (unpaired) electrons. The average Bonchev–Trinajstić information content (AvgIpc) is 2.39. The van der Waals surface area contributed by atoms with Gasteiger partial charge in [0.05, 0.1) is 6.10 Å². The molecule has 0 aromatic rings. The fourth-order valence-corrected chi connectivity index (χ4v) is 2.51. The maximum Gasteiger partial charge on any atom is 0.315 e. The van der Waals surface area contributed by atoms with Gasteiger partial charge in [-0.15, -0.1) is 0 Å². The minimum absolute atomic E-state index is 0.0850. The van der Waals surface area contributed by atoms with Crippen LogP contribution in [0.1, 0.15) is 58.8 Å². The number of rotatable bonds is 6. The lowest BCUT2D eigenvalue weighted by Gasteiger charge is -2.28. The third-order valence-corrected chi connectivity index (χ3v) is 3.99. The van der Waals surface area contributed by atoms with Crippen molar-refractivity contribution in [2.24, 2.45) is 5.92 Å². The van der Waals surface area contributed by atoms with Gasteiger partial charge in [0.25, 0.3) is 0 Å². The lowest BCUT2D eigenvalue weighted by Crippen LogP contribution is -2.44. The molecule has 1 aliphatic carbocycles. The van der Waals surface area contributed by atoms with Crippen molar-refractivity contribution in [3.63, 3.8) is 0 Å². The highest BCUT2D eigenvalue weighted by Crippen LogP contribution is 2.26. The molecule has 3 N–H and O–H groups in total. The van der Waals surface area contributed by atoms with Crippen LogP contribution in [0, 0.1) is 5.92 Å². The highest BCUT2D eigenvalue weighted by molar-refractivity contribution is 5.74. The summed E-state index contributed by atoms with van der Waals surface area (Å²) in [6.07, 6.45) is 6.99. The molecule has 1 fully saturated rings. The van der Waals surface area contributed by atoms with Crippen LogP contribution in [-0.4, -0.2) is 29.8 Å². The van der Waals surface area contributed by atoms with E-state index in [0.29, 0.717) is 19.0 Å². The molecule has 18 heavy (non-hydrogen) atoms. The minimum Gasteiger partial charge on any atom is -0.393 e. The van der Waals surface area contributed by atoms with Gasteiger partial charge in [-0.25, -0.2) is 4.79 Å². The van der Waals surface area contributed by atoms with Gasteiger partial charge in [-0.2, -0.15) is 0 Å². The SMILES string of the molecule is CCC(O)CCNC(=O)NC1CCC(CC)CC1. The molecule has 0 aromatic heterocycles. The van der Waals surface area contributed by atoms with E-state index < -0.39 is 0 Å². The van der Waals surface area contributed by atoms with Crippen LogP contribution in [0.25, 0.3) is 0 Å². The van der Waals surface area contributed by atoms with Crippen LogP contribution in [0.5, 0.6) is 0 Å². The highest BCUT2D eigenvalue weighted by Gasteiger charge is 2.20. The molecule has 1 saturated carbocycles. The van der Waals surface area contributed by atoms with E-state index in [4.69, 9.17) is 0 Å². The number of nitrogens with one attached hydrogen (secondary N) is 2. The second-order valence-electron chi connectivity index (χ2n) is 5.38. The van der Waals surface area contributed by atoms with Gasteiger partial charge in [0.2, 0.25) is 0 Å². The molecule has 4 heteroatoms. The Morgan fingerprint density at radius 3 is 2.50 bits per heavy atom. The Balaban J connectivity index is 2.09. The van der Waals surface area contributed by atoms with Gasteiger partial charge in [0.1, 0.15) is 0 Å². The van der Waals surface area contributed by atoms with Crippen molar-refractivity contribution in [1.29, 1.82) is 0 Å². The summed E-state index contributed by atoms with van der Waals surface area (Å²) >= 11 is 0. The van der Waals surface area contributed by atoms with Gasteiger partial charge in [-0.1, -0.05) is 20.3 Å². The summed E-state index contributed by atoms with van der Waals surface area (Å²) in [6, 6.07) is 0.252. The van der Waals surface area contributed by atoms with Crippen LogP contribution < -0.4 is 10.6 Å². The number of hydrogen-bond acceptors (Lipinski definition) is 2. The molecular formula is C14H28N2O2. The smallest absolute Gasteiger partial charge is 0.315 e. The number of aliphatic hydroxyl groups excluding tert-OH is 1. The van der Waals surface area contributed by atoms with Crippen molar-refractivity contribution in [1.82, 2.24) is 10.6 Å². The predicted molar refractivity (Wildman–Crippen MR) is 73.5 cm³/mol. The van der Waals surface area contributed by atoms with Crippen LogP contribution in [0.15, 0.2) is 0 Å². The zero-order valence-corrected chi connectivity index (χ0v) is 11.7. The molecular weight excluding hydrogens is 228 g/mol. The summed E-state index contributed by atoms with van der Waals surface area (Å²) in [5, 5.41) is 15.2. The molecule has 0 aliphatic heterocycles. The number of amides is 2. The first-order chi connectivity index (χ1) is 8.65. The van der Waals surface area contributed by atoms with Crippen molar-refractivity contribution < 1.29 is 9.90 Å². The third kappa shape index (κ3) is 5.71. The Labute approximate surface area is 111 Å². The summed E-state index contributed by atoms with van der Waals surface area (Å²) in [4.78, 5) is 11.6. The molecule has 1 unspecified atom stereocenters. The van der Waals surface area contributed by atoms with E-state index in [-0.39, 0.29) is 12.1 Å². The van der Waals surface area contributed by atoms with Gasteiger partial charge < -0.3 is 15.7 Å². The summed E-state index contributed by atoms with van der Waals surface area (Å²) in [5.41, 5.74) is 0. The van der Waals surface area contributed by atoms with Crippen molar-refractivity contribution in [3.8, 4) is 0 Å². The van der Waals surface area contributed by atoms with Crippen molar-refractivity contribution in [3.05, 3.63) is 0 Å². The number of carbonyl (C=O) groups excluding carboxylic acids is 1. The van der Waals surface area contributed by atoms with E-state index in [0.717, 1.165) is 25.2 Å². The molecule has 106 valence electrons. The van der Waals surface area contributed by atoms with E-state index in [1.807, 2.05) is 6.92 Å². The van der Waals surface area contributed by atoms with Gasteiger partial charge in [0, 0.05) is 12.6 Å². The standard InChI is InChI=1S/C14H28N2O2/c1-3-11-5-7-12(8-6-11)16-14(18)15-10-9-13(17)4-2/h11-13,17H,3-10H2,1-2H3,(H2,15,16,18). The first-order valence-electron chi connectivity index (χ1n) is 7.38. The molecule has 1 atom stereocenters. The number of carbonyl (C=O) groups is 1. The Kier molecular flexibility index (Phi) is 7.09. The Morgan fingerprint density at radius 2 is 1.94 bits per heavy atom. The van der Waals surface area contributed by atoms with E-state index in [1.165, 1.54) is 19.3 Å². The lowest BCUT2D eigenvalue weighted by atomic mass is 9.85. The van der Waals surface area contributed by atoms with Crippen molar-refractivity contribution in [2.45, 2.75) is 70.9 Å². The molecule has 0 saturated heterocycles. The monoisotopic (exact) mass is 256 g/mol. The molecule has 0 bridgehead atoms. The highest BCUT2D eigenvalue weighted by atomic mass is 16.3. The maximum atomic E-state index is 11.6. The van der Waals surface area contributed by atoms with Crippen LogP contribution in [-0.2, 0) is 0 Å². The molecule has 4 nitrogen and oxygen atoms in total. The summed E-state index contributed by atoms with van der Waals surface area (Å²) in [7, 11) is 0. The molecule has 0 aromatic carbocycles.